The van der Waals surface area contributed by atoms with Crippen LogP contribution in [-0.2, 0) is 4.79 Å². The van der Waals surface area contributed by atoms with Crippen molar-refractivity contribution in [2.75, 3.05) is 31.1 Å². The van der Waals surface area contributed by atoms with Crippen LogP contribution in [-0.4, -0.2) is 47.1 Å². The number of nitrogens with zero attached hydrogens (tertiary/aromatic N) is 4. The van der Waals surface area contributed by atoms with Crippen molar-refractivity contribution in [3.05, 3.63) is 75.2 Å². The number of anilines is 1. The fourth-order valence-electron chi connectivity index (χ4n) is 3.17. The van der Waals surface area contributed by atoms with Crippen molar-refractivity contribution in [2.45, 2.75) is 0 Å². The van der Waals surface area contributed by atoms with Crippen molar-refractivity contribution in [1.29, 1.82) is 0 Å². The van der Waals surface area contributed by atoms with E-state index in [1.54, 1.807) is 18.2 Å². The van der Waals surface area contributed by atoms with Gasteiger partial charge in [0, 0.05) is 44.0 Å². The monoisotopic (exact) mass is 394 g/mol. The second kappa shape index (κ2) is 7.85. The molecule has 0 aliphatic carbocycles. The molecule has 28 heavy (non-hydrogen) atoms. The van der Waals surface area contributed by atoms with E-state index < -0.39 is 4.92 Å². The molecule has 2 aliphatic heterocycles. The van der Waals surface area contributed by atoms with Gasteiger partial charge in [-0.05, 0) is 47.7 Å². The fourth-order valence-corrected chi connectivity index (χ4v) is 4.14. The molecule has 7 nitrogen and oxygen atoms in total. The smallest absolute Gasteiger partial charge is 0.286 e. The summed E-state index contributed by atoms with van der Waals surface area (Å²) in [5.74, 6) is -0.260. The van der Waals surface area contributed by atoms with Crippen LogP contribution in [0.2, 0.25) is 0 Å². The summed E-state index contributed by atoms with van der Waals surface area (Å²) in [5, 5.41) is 11.5. The van der Waals surface area contributed by atoms with E-state index in [1.807, 2.05) is 18.2 Å². The van der Waals surface area contributed by atoms with E-state index in [9.17, 15) is 14.9 Å². The van der Waals surface area contributed by atoms with Crippen LogP contribution in [0, 0.1) is 10.1 Å². The number of aliphatic imine (C=N–C) groups is 1. The molecule has 2 aromatic carbocycles. The Morgan fingerprint density at radius 2 is 1.61 bits per heavy atom. The Bertz CT molecular complexity index is 949. The van der Waals surface area contributed by atoms with E-state index in [1.165, 1.54) is 29.6 Å². The number of piperazine rings is 1. The zero-order valence-electron chi connectivity index (χ0n) is 15.0. The first-order valence-corrected chi connectivity index (χ1v) is 9.74. The lowest BCUT2D eigenvalue weighted by atomic mass is 10.2. The van der Waals surface area contributed by atoms with Crippen LogP contribution >= 0.6 is 11.8 Å². The molecule has 1 fully saturated rings. The number of non-ortho nitro benzene ring substituents is 1. The minimum absolute atomic E-state index is 0.0285. The highest BCUT2D eigenvalue weighted by molar-refractivity contribution is 8.18. The van der Waals surface area contributed by atoms with Crippen molar-refractivity contribution in [1.82, 2.24) is 4.90 Å². The molecule has 1 saturated heterocycles. The minimum atomic E-state index is -0.442. The van der Waals surface area contributed by atoms with Crippen LogP contribution in [0.25, 0.3) is 6.08 Å². The van der Waals surface area contributed by atoms with E-state index >= 15 is 0 Å². The average molecular weight is 394 g/mol. The van der Waals surface area contributed by atoms with E-state index in [4.69, 9.17) is 0 Å². The summed E-state index contributed by atoms with van der Waals surface area (Å²) in [6, 6.07) is 16.4. The van der Waals surface area contributed by atoms with Crippen molar-refractivity contribution >= 4 is 40.3 Å². The van der Waals surface area contributed by atoms with E-state index in [-0.39, 0.29) is 11.6 Å². The van der Waals surface area contributed by atoms with Crippen molar-refractivity contribution in [3.63, 3.8) is 0 Å². The molecule has 0 atom stereocenters. The van der Waals surface area contributed by atoms with Crippen LogP contribution in [0.5, 0.6) is 0 Å². The van der Waals surface area contributed by atoms with Gasteiger partial charge in [-0.3, -0.25) is 14.9 Å². The van der Waals surface area contributed by atoms with Crippen LogP contribution < -0.4 is 4.90 Å². The number of nitro benzene ring substituents is 1. The van der Waals surface area contributed by atoms with Gasteiger partial charge in [-0.25, -0.2) is 0 Å². The van der Waals surface area contributed by atoms with E-state index in [0.717, 1.165) is 36.9 Å². The Labute approximate surface area is 166 Å². The van der Waals surface area contributed by atoms with Gasteiger partial charge in [0.2, 0.25) is 0 Å². The third-order valence-corrected chi connectivity index (χ3v) is 5.73. The summed E-state index contributed by atoms with van der Waals surface area (Å²) in [6.07, 6.45) is 1.73. The topological polar surface area (TPSA) is 79.0 Å². The number of para-hydroxylation sites is 1. The second-order valence-electron chi connectivity index (χ2n) is 6.47. The molecule has 4 rings (SSSR count). The lowest BCUT2D eigenvalue weighted by molar-refractivity contribution is -0.384. The van der Waals surface area contributed by atoms with Gasteiger partial charge in [-0.15, -0.1) is 0 Å². The van der Waals surface area contributed by atoms with Gasteiger partial charge in [0.15, 0.2) is 5.17 Å². The van der Waals surface area contributed by atoms with Crippen LogP contribution in [0.4, 0.5) is 11.4 Å². The molecule has 2 aliphatic rings. The number of nitro groups is 1. The van der Waals surface area contributed by atoms with Gasteiger partial charge in [0.1, 0.15) is 0 Å². The van der Waals surface area contributed by atoms with E-state index in [0.29, 0.717) is 4.91 Å². The highest BCUT2D eigenvalue weighted by atomic mass is 32.2. The summed E-state index contributed by atoms with van der Waals surface area (Å²) < 4.78 is 0. The normalized spacial score (nSPS) is 18.5. The minimum Gasteiger partial charge on any atom is -0.368 e. The highest BCUT2D eigenvalue weighted by Gasteiger charge is 2.28. The Balaban J connectivity index is 1.39. The van der Waals surface area contributed by atoms with Gasteiger partial charge in [0.25, 0.3) is 11.6 Å². The third kappa shape index (κ3) is 3.91. The first-order chi connectivity index (χ1) is 13.6. The largest absolute Gasteiger partial charge is 0.368 e. The Kier molecular flexibility index (Phi) is 5.12. The Morgan fingerprint density at radius 1 is 0.964 bits per heavy atom. The lowest BCUT2D eigenvalue weighted by Gasteiger charge is -2.36. The van der Waals surface area contributed by atoms with Crippen LogP contribution in [0.3, 0.4) is 0 Å². The zero-order chi connectivity index (χ0) is 19.5. The van der Waals surface area contributed by atoms with Crippen LogP contribution in [0.1, 0.15) is 5.56 Å². The van der Waals surface area contributed by atoms with Gasteiger partial charge in [-0.2, -0.15) is 4.99 Å². The molecule has 0 saturated carbocycles. The first-order valence-electron chi connectivity index (χ1n) is 8.92. The second-order valence-corrected chi connectivity index (χ2v) is 7.48. The SMILES string of the molecule is O=C1N=C(N2CCN(c3ccccc3)CC2)S/C1=C\c1ccc([N+](=O)[O-])cc1. The van der Waals surface area contributed by atoms with Crippen molar-refractivity contribution < 1.29 is 9.72 Å². The molecule has 0 N–H and O–H groups in total. The molecule has 0 unspecified atom stereocenters. The molecule has 0 spiro atoms. The molecule has 0 radical (unpaired) electrons. The van der Waals surface area contributed by atoms with Gasteiger partial charge in [0.05, 0.1) is 9.83 Å². The van der Waals surface area contributed by atoms with Gasteiger partial charge < -0.3 is 9.80 Å². The average Bonchev–Trinajstić information content (AvgIpc) is 3.09. The van der Waals surface area contributed by atoms with E-state index in [2.05, 4.69) is 26.9 Å². The summed E-state index contributed by atoms with van der Waals surface area (Å²) in [5.41, 5.74) is 1.98. The maximum atomic E-state index is 12.3. The summed E-state index contributed by atoms with van der Waals surface area (Å²) in [4.78, 5) is 31.8. The number of amides is 1. The molecule has 1 amide bonds. The summed E-state index contributed by atoms with van der Waals surface area (Å²) in [6.45, 7) is 3.36. The zero-order valence-corrected chi connectivity index (χ0v) is 15.8. The quantitative estimate of drug-likeness (QED) is 0.451. The predicted molar refractivity (Wildman–Crippen MR) is 111 cm³/mol. The van der Waals surface area contributed by atoms with Crippen molar-refractivity contribution in [2.24, 2.45) is 4.99 Å². The first kappa shape index (κ1) is 18.2. The molecule has 142 valence electrons. The maximum Gasteiger partial charge on any atom is 0.286 e. The third-order valence-electron chi connectivity index (χ3n) is 4.68. The number of benzene rings is 2. The summed E-state index contributed by atoms with van der Waals surface area (Å²) >= 11 is 1.36. The molecule has 0 bridgehead atoms. The van der Waals surface area contributed by atoms with Gasteiger partial charge in [-0.1, -0.05) is 18.2 Å². The number of thioether (sulfide) groups is 1. The van der Waals surface area contributed by atoms with Gasteiger partial charge >= 0.3 is 0 Å². The molecular weight excluding hydrogens is 376 g/mol. The lowest BCUT2D eigenvalue weighted by Crippen LogP contribution is -2.47. The Morgan fingerprint density at radius 3 is 2.25 bits per heavy atom. The molecule has 8 heteroatoms. The highest BCUT2D eigenvalue weighted by Crippen LogP contribution is 2.31. The molecular formula is C20H18N4O3S. The molecule has 2 aromatic rings. The molecule has 0 aromatic heterocycles. The number of carbonyl (C=O) groups is 1. The number of hydrogen-bond acceptors (Lipinski definition) is 6. The van der Waals surface area contributed by atoms with Crippen LogP contribution in [0.15, 0.2) is 64.5 Å². The Hall–Kier alpha value is -3.13. The maximum absolute atomic E-state index is 12.3. The number of carbonyl (C=O) groups excluding carboxylic acids is 1. The predicted octanol–water partition coefficient (Wildman–Crippen LogP) is 3.39. The number of amidine groups is 1. The number of hydrogen-bond donors (Lipinski definition) is 0. The molecule has 2 heterocycles. The standard InChI is InChI=1S/C20H18N4O3S/c25-19-18(14-15-6-8-17(9-7-15)24(26)27)28-20(21-19)23-12-10-22(11-13-23)16-4-2-1-3-5-16/h1-9,14H,10-13H2/b18-14-. The number of rotatable bonds is 3. The fraction of sp³-hybridized carbons (Fsp3) is 0.200. The summed E-state index contributed by atoms with van der Waals surface area (Å²) in [7, 11) is 0. The van der Waals surface area contributed by atoms with Crippen molar-refractivity contribution in [3.8, 4) is 0 Å².